The monoisotopic (exact) mass is 390 g/mol. The van der Waals surface area contributed by atoms with Crippen LogP contribution >= 0.6 is 27.3 Å². The first kappa shape index (κ1) is 15.5. The highest BCUT2D eigenvalue weighted by atomic mass is 79.9. The summed E-state index contributed by atoms with van der Waals surface area (Å²) in [5.74, 6) is -0.506. The van der Waals surface area contributed by atoms with Crippen LogP contribution in [0.25, 0.3) is 10.1 Å². The van der Waals surface area contributed by atoms with Crippen molar-refractivity contribution in [2.45, 2.75) is 0 Å². The summed E-state index contributed by atoms with van der Waals surface area (Å²) in [6.45, 7) is 0. The number of carbonyl (C=O) groups is 1. The first-order valence-corrected chi connectivity index (χ1v) is 8.19. The molecule has 0 aliphatic heterocycles. The number of thiophene rings is 1. The van der Waals surface area contributed by atoms with Crippen LogP contribution in [0.4, 0.5) is 0 Å². The molecule has 5 nitrogen and oxygen atoms in total. The van der Waals surface area contributed by atoms with Crippen LogP contribution in [-0.4, -0.2) is 22.3 Å². The van der Waals surface area contributed by atoms with Crippen molar-refractivity contribution >= 4 is 49.5 Å². The van der Waals surface area contributed by atoms with E-state index in [4.69, 9.17) is 0 Å². The number of nitrogens with one attached hydrogen (secondary N) is 1. The fourth-order valence-electron chi connectivity index (χ4n) is 2.03. The average Bonchev–Trinajstić information content (AvgIpc) is 2.88. The summed E-state index contributed by atoms with van der Waals surface area (Å²) < 4.78 is 1.61. The molecule has 0 bridgehead atoms. The Bertz CT molecular complexity index is 921. The normalized spacial score (nSPS) is 11.2. The molecule has 0 atom stereocenters. The van der Waals surface area contributed by atoms with E-state index in [-0.39, 0.29) is 16.4 Å². The van der Waals surface area contributed by atoms with Gasteiger partial charge in [0.25, 0.3) is 5.91 Å². The molecule has 0 fully saturated rings. The van der Waals surface area contributed by atoms with Gasteiger partial charge < -0.3 is 10.2 Å². The van der Waals surface area contributed by atoms with Crippen LogP contribution in [0.2, 0.25) is 0 Å². The lowest BCUT2D eigenvalue weighted by Gasteiger charge is -2.00. The number of halogens is 1. The Balaban J connectivity index is 1.80. The summed E-state index contributed by atoms with van der Waals surface area (Å²) in [5, 5.41) is 24.3. The Hall–Kier alpha value is -2.38. The summed E-state index contributed by atoms with van der Waals surface area (Å²) in [4.78, 5) is 12.3. The molecule has 0 radical (unpaired) electrons. The Morgan fingerprint density at radius 2 is 2.00 bits per heavy atom. The minimum Gasteiger partial charge on any atom is -0.507 e. The van der Waals surface area contributed by atoms with Gasteiger partial charge in [-0.3, -0.25) is 4.79 Å². The van der Waals surface area contributed by atoms with Gasteiger partial charge in [0.2, 0.25) is 0 Å². The number of carbonyl (C=O) groups excluding carboxylic acids is 1. The highest BCUT2D eigenvalue weighted by molar-refractivity contribution is 9.10. The number of rotatable bonds is 3. The Kier molecular flexibility index (Phi) is 4.31. The summed E-state index contributed by atoms with van der Waals surface area (Å²) >= 11 is 4.48. The maximum absolute atomic E-state index is 12.1. The molecule has 0 saturated heterocycles. The van der Waals surface area contributed by atoms with Crippen LogP contribution in [0.1, 0.15) is 15.2 Å². The molecule has 0 aliphatic rings. The highest BCUT2D eigenvalue weighted by Crippen LogP contribution is 2.36. The summed E-state index contributed by atoms with van der Waals surface area (Å²) in [5.41, 5.74) is 2.81. The smallest absolute Gasteiger partial charge is 0.285 e. The van der Waals surface area contributed by atoms with Gasteiger partial charge in [0, 0.05) is 20.1 Å². The number of fused-ring (bicyclic) bond motifs is 1. The molecule has 116 valence electrons. The second-order valence-corrected chi connectivity index (χ2v) is 6.65. The minimum absolute atomic E-state index is 0.0518. The largest absolute Gasteiger partial charge is 0.507 e. The SMILES string of the molecule is O=C(N/N=C/c1cc(Br)ccc1O)c1sc2ccccc2c1O. The predicted molar refractivity (Wildman–Crippen MR) is 94.4 cm³/mol. The Morgan fingerprint density at radius 3 is 2.78 bits per heavy atom. The number of phenols is 1. The van der Waals surface area contributed by atoms with Crippen molar-refractivity contribution in [2.75, 3.05) is 0 Å². The molecule has 3 aromatic rings. The molecular weight excluding hydrogens is 380 g/mol. The molecule has 2 aromatic carbocycles. The summed E-state index contributed by atoms with van der Waals surface area (Å²) in [7, 11) is 0. The zero-order valence-corrected chi connectivity index (χ0v) is 14.1. The van der Waals surface area contributed by atoms with Crippen molar-refractivity contribution in [3.8, 4) is 11.5 Å². The van der Waals surface area contributed by atoms with E-state index in [1.165, 1.54) is 23.6 Å². The van der Waals surface area contributed by atoms with Crippen molar-refractivity contribution in [3.05, 3.63) is 57.4 Å². The van der Waals surface area contributed by atoms with Gasteiger partial charge >= 0.3 is 0 Å². The number of amides is 1. The van der Waals surface area contributed by atoms with Gasteiger partial charge in [0.1, 0.15) is 16.4 Å². The third kappa shape index (κ3) is 3.20. The van der Waals surface area contributed by atoms with Crippen molar-refractivity contribution in [1.82, 2.24) is 5.43 Å². The number of hydrogen-bond acceptors (Lipinski definition) is 5. The molecule has 1 amide bonds. The summed E-state index contributed by atoms with van der Waals surface area (Å²) in [6, 6.07) is 12.1. The maximum Gasteiger partial charge on any atom is 0.285 e. The van der Waals surface area contributed by atoms with Gasteiger partial charge in [-0.1, -0.05) is 28.1 Å². The highest BCUT2D eigenvalue weighted by Gasteiger charge is 2.17. The number of aromatic hydroxyl groups is 2. The minimum atomic E-state index is -0.505. The standard InChI is InChI=1S/C16H11BrN2O3S/c17-10-5-6-12(20)9(7-10)8-18-19-16(22)15-14(21)11-3-1-2-4-13(11)23-15/h1-8,20-21H,(H,19,22)/b18-8+. The molecule has 3 rings (SSSR count). The second kappa shape index (κ2) is 6.39. The first-order chi connectivity index (χ1) is 11.1. The third-order valence-corrected chi connectivity index (χ3v) is 4.79. The van der Waals surface area contributed by atoms with Gasteiger partial charge in [0.15, 0.2) is 0 Å². The summed E-state index contributed by atoms with van der Waals surface area (Å²) in [6.07, 6.45) is 1.34. The van der Waals surface area contributed by atoms with Crippen molar-refractivity contribution in [1.29, 1.82) is 0 Å². The van der Waals surface area contributed by atoms with Crippen LogP contribution in [0.5, 0.6) is 11.5 Å². The van der Waals surface area contributed by atoms with E-state index in [2.05, 4.69) is 26.5 Å². The number of phenolic OH excluding ortho intramolecular Hbond substituents is 1. The molecule has 0 aliphatic carbocycles. The van der Waals surface area contributed by atoms with Gasteiger partial charge in [-0.15, -0.1) is 11.3 Å². The van der Waals surface area contributed by atoms with E-state index in [1.807, 2.05) is 12.1 Å². The number of hydrogen-bond donors (Lipinski definition) is 3. The van der Waals surface area contributed by atoms with E-state index in [0.29, 0.717) is 10.9 Å². The van der Waals surface area contributed by atoms with E-state index in [0.717, 1.165) is 9.17 Å². The van der Waals surface area contributed by atoms with Crippen LogP contribution in [0.15, 0.2) is 52.0 Å². The Morgan fingerprint density at radius 1 is 1.22 bits per heavy atom. The quantitative estimate of drug-likeness (QED) is 0.469. The van der Waals surface area contributed by atoms with E-state index in [9.17, 15) is 15.0 Å². The van der Waals surface area contributed by atoms with Crippen LogP contribution in [0, 0.1) is 0 Å². The fraction of sp³-hybridized carbons (Fsp3) is 0. The lowest BCUT2D eigenvalue weighted by atomic mass is 10.2. The zero-order chi connectivity index (χ0) is 16.4. The topological polar surface area (TPSA) is 81.9 Å². The number of benzene rings is 2. The predicted octanol–water partition coefficient (Wildman–Crippen LogP) is 3.84. The van der Waals surface area contributed by atoms with Crippen LogP contribution in [-0.2, 0) is 0 Å². The lowest BCUT2D eigenvalue weighted by molar-refractivity contribution is 0.0957. The first-order valence-electron chi connectivity index (χ1n) is 6.58. The third-order valence-electron chi connectivity index (χ3n) is 3.13. The molecule has 0 spiro atoms. The van der Waals surface area contributed by atoms with Crippen LogP contribution < -0.4 is 5.43 Å². The molecule has 0 saturated carbocycles. The van der Waals surface area contributed by atoms with Crippen LogP contribution in [0.3, 0.4) is 0 Å². The van der Waals surface area contributed by atoms with E-state index < -0.39 is 5.91 Å². The molecule has 23 heavy (non-hydrogen) atoms. The van der Waals surface area contributed by atoms with Gasteiger partial charge in [-0.05, 0) is 30.3 Å². The van der Waals surface area contributed by atoms with E-state index in [1.54, 1.807) is 24.3 Å². The zero-order valence-electron chi connectivity index (χ0n) is 11.7. The fourth-order valence-corrected chi connectivity index (χ4v) is 3.39. The Labute approximate surface area is 144 Å². The van der Waals surface area contributed by atoms with Gasteiger partial charge in [-0.2, -0.15) is 5.10 Å². The molecule has 7 heteroatoms. The molecule has 1 aromatic heterocycles. The van der Waals surface area contributed by atoms with Crippen molar-refractivity contribution in [2.24, 2.45) is 5.10 Å². The second-order valence-electron chi connectivity index (χ2n) is 4.68. The van der Waals surface area contributed by atoms with Crippen molar-refractivity contribution < 1.29 is 15.0 Å². The lowest BCUT2D eigenvalue weighted by Crippen LogP contribution is -2.16. The number of hydrazone groups is 1. The van der Waals surface area contributed by atoms with E-state index >= 15 is 0 Å². The molecule has 1 heterocycles. The molecular formula is C16H11BrN2O3S. The molecule has 3 N–H and O–H groups in total. The van der Waals surface area contributed by atoms with Gasteiger partial charge in [-0.25, -0.2) is 5.43 Å². The average molecular weight is 391 g/mol. The van der Waals surface area contributed by atoms with Crippen molar-refractivity contribution in [3.63, 3.8) is 0 Å². The maximum atomic E-state index is 12.1. The molecule has 0 unspecified atom stereocenters. The van der Waals surface area contributed by atoms with Gasteiger partial charge in [0.05, 0.1) is 6.21 Å². The number of nitrogens with zero attached hydrogens (tertiary/aromatic N) is 1.